The summed E-state index contributed by atoms with van der Waals surface area (Å²) < 4.78 is 30.4. The molecule has 5 nitrogen and oxygen atoms in total. The standard InChI is InChI=1S/C14H19NO4S/c1-18-14-10-8-13(9-11-14)7-5-3-2-4-6-12-19-20(15,16)17/h8-11H,3,5-7,12H2,1H3,(H2,15,16,17). The zero-order valence-electron chi connectivity index (χ0n) is 11.5. The highest BCUT2D eigenvalue weighted by Crippen LogP contribution is 2.12. The average Bonchev–Trinajstić information content (AvgIpc) is 2.41. The molecule has 0 amide bonds. The van der Waals surface area contributed by atoms with Gasteiger partial charge < -0.3 is 4.74 Å². The van der Waals surface area contributed by atoms with Crippen molar-refractivity contribution in [2.24, 2.45) is 5.14 Å². The van der Waals surface area contributed by atoms with E-state index in [4.69, 9.17) is 4.74 Å². The lowest BCUT2D eigenvalue weighted by molar-refractivity contribution is 0.327. The molecule has 20 heavy (non-hydrogen) atoms. The van der Waals surface area contributed by atoms with Crippen LogP contribution in [0.2, 0.25) is 0 Å². The lowest BCUT2D eigenvalue weighted by Crippen LogP contribution is -2.16. The summed E-state index contributed by atoms with van der Waals surface area (Å²) in [5, 5.41) is 4.68. The summed E-state index contributed by atoms with van der Waals surface area (Å²) in [5.74, 6) is 6.67. The molecule has 0 aliphatic heterocycles. The Kier molecular flexibility index (Phi) is 7.09. The number of unbranched alkanes of at least 4 members (excludes halogenated alkanes) is 1. The molecule has 0 saturated heterocycles. The molecule has 2 N–H and O–H groups in total. The third kappa shape index (κ3) is 7.79. The predicted molar refractivity (Wildman–Crippen MR) is 77.4 cm³/mol. The van der Waals surface area contributed by atoms with Gasteiger partial charge in [0, 0.05) is 12.8 Å². The zero-order chi connectivity index (χ0) is 14.8. The molecule has 0 aliphatic rings. The van der Waals surface area contributed by atoms with Crippen LogP contribution in [0.25, 0.3) is 0 Å². The lowest BCUT2D eigenvalue weighted by Gasteiger charge is -2.01. The second-order valence-corrected chi connectivity index (χ2v) is 5.34. The number of nitrogens with two attached hydrogens (primary N) is 1. The zero-order valence-corrected chi connectivity index (χ0v) is 12.3. The average molecular weight is 297 g/mol. The number of aryl methyl sites for hydroxylation is 1. The van der Waals surface area contributed by atoms with E-state index in [1.54, 1.807) is 7.11 Å². The Morgan fingerprint density at radius 2 is 1.80 bits per heavy atom. The first-order chi connectivity index (χ1) is 9.51. The Morgan fingerprint density at radius 3 is 2.40 bits per heavy atom. The molecule has 6 heteroatoms. The molecule has 0 aromatic heterocycles. The molecule has 0 unspecified atom stereocenters. The fourth-order valence-electron chi connectivity index (χ4n) is 1.56. The summed E-state index contributed by atoms with van der Waals surface area (Å²) in [6, 6.07) is 7.94. The van der Waals surface area contributed by atoms with Gasteiger partial charge in [-0.2, -0.15) is 8.42 Å². The maximum Gasteiger partial charge on any atom is 0.333 e. The Balaban J connectivity index is 2.15. The Hall–Kier alpha value is -1.55. The van der Waals surface area contributed by atoms with Crippen molar-refractivity contribution >= 4 is 10.3 Å². The normalized spacial score (nSPS) is 10.7. The van der Waals surface area contributed by atoms with Crippen molar-refractivity contribution in [1.82, 2.24) is 0 Å². The van der Waals surface area contributed by atoms with E-state index in [0.717, 1.165) is 25.0 Å². The highest BCUT2D eigenvalue weighted by molar-refractivity contribution is 7.84. The first kappa shape index (κ1) is 16.5. The minimum absolute atomic E-state index is 0.00428. The van der Waals surface area contributed by atoms with E-state index in [9.17, 15) is 8.42 Å². The summed E-state index contributed by atoms with van der Waals surface area (Å²) in [6.45, 7) is 0.00428. The van der Waals surface area contributed by atoms with Crippen molar-refractivity contribution < 1.29 is 17.3 Å². The summed E-state index contributed by atoms with van der Waals surface area (Å²) in [7, 11) is -2.20. The molecule has 0 saturated carbocycles. The van der Waals surface area contributed by atoms with E-state index >= 15 is 0 Å². The Morgan fingerprint density at radius 1 is 1.15 bits per heavy atom. The van der Waals surface area contributed by atoms with Crippen LogP contribution in [0.1, 0.15) is 24.8 Å². The van der Waals surface area contributed by atoms with Gasteiger partial charge in [-0.15, -0.1) is 11.8 Å². The van der Waals surface area contributed by atoms with Gasteiger partial charge in [-0.1, -0.05) is 12.1 Å². The van der Waals surface area contributed by atoms with Crippen LogP contribution >= 0.6 is 0 Å². The molecule has 0 radical (unpaired) electrons. The van der Waals surface area contributed by atoms with Crippen molar-refractivity contribution in [2.75, 3.05) is 13.7 Å². The van der Waals surface area contributed by atoms with Crippen molar-refractivity contribution in [3.05, 3.63) is 29.8 Å². The Labute approximate surface area is 120 Å². The number of hydrogen-bond acceptors (Lipinski definition) is 4. The van der Waals surface area contributed by atoms with E-state index in [1.807, 2.05) is 24.3 Å². The first-order valence-electron chi connectivity index (χ1n) is 6.27. The van der Waals surface area contributed by atoms with E-state index in [1.165, 1.54) is 5.56 Å². The summed E-state index contributed by atoms with van der Waals surface area (Å²) in [4.78, 5) is 0. The number of hydrogen-bond donors (Lipinski definition) is 1. The summed E-state index contributed by atoms with van der Waals surface area (Å²) in [6.07, 6.45) is 3.03. The highest BCUT2D eigenvalue weighted by Gasteiger charge is 1.99. The molecule has 1 rings (SSSR count). The second-order valence-electron chi connectivity index (χ2n) is 4.12. The van der Waals surface area contributed by atoms with E-state index in [0.29, 0.717) is 6.42 Å². The molecule has 0 spiro atoms. The van der Waals surface area contributed by atoms with Gasteiger partial charge in [0.05, 0.1) is 13.7 Å². The smallest absolute Gasteiger partial charge is 0.333 e. The minimum atomic E-state index is -3.84. The van der Waals surface area contributed by atoms with Crippen molar-refractivity contribution in [1.29, 1.82) is 0 Å². The third-order valence-corrected chi connectivity index (χ3v) is 3.02. The van der Waals surface area contributed by atoms with Crippen LogP contribution in [0.15, 0.2) is 24.3 Å². The molecule has 0 aliphatic carbocycles. The van der Waals surface area contributed by atoms with Crippen molar-refractivity contribution in [3.8, 4) is 17.6 Å². The quantitative estimate of drug-likeness (QED) is 0.613. The van der Waals surface area contributed by atoms with Crippen LogP contribution in [0.3, 0.4) is 0 Å². The topological polar surface area (TPSA) is 78.6 Å². The maximum atomic E-state index is 10.5. The number of ether oxygens (including phenoxy) is 1. The van der Waals surface area contributed by atoms with E-state index in [2.05, 4.69) is 21.2 Å². The Bertz CT molecular complexity index is 555. The molecular formula is C14H19NO4S. The predicted octanol–water partition coefficient (Wildman–Crippen LogP) is 1.63. The monoisotopic (exact) mass is 297 g/mol. The first-order valence-corrected chi connectivity index (χ1v) is 7.74. The fourth-order valence-corrected chi connectivity index (χ4v) is 1.87. The van der Waals surface area contributed by atoms with Gasteiger partial charge in [0.2, 0.25) is 0 Å². The van der Waals surface area contributed by atoms with Crippen LogP contribution in [0.4, 0.5) is 0 Å². The van der Waals surface area contributed by atoms with Crippen LogP contribution in [0, 0.1) is 11.8 Å². The van der Waals surface area contributed by atoms with E-state index in [-0.39, 0.29) is 6.61 Å². The van der Waals surface area contributed by atoms with Gasteiger partial charge in [-0.25, -0.2) is 5.14 Å². The maximum absolute atomic E-state index is 10.5. The van der Waals surface area contributed by atoms with Gasteiger partial charge >= 0.3 is 10.3 Å². The number of rotatable bonds is 7. The van der Waals surface area contributed by atoms with Crippen LogP contribution in [-0.2, 0) is 20.9 Å². The molecule has 1 aromatic carbocycles. The number of benzene rings is 1. The van der Waals surface area contributed by atoms with E-state index < -0.39 is 10.3 Å². The van der Waals surface area contributed by atoms with Gasteiger partial charge in [0.25, 0.3) is 0 Å². The van der Waals surface area contributed by atoms with Crippen molar-refractivity contribution in [2.45, 2.75) is 25.7 Å². The second kappa shape index (κ2) is 8.59. The van der Waals surface area contributed by atoms with Gasteiger partial charge in [0.1, 0.15) is 5.75 Å². The number of methoxy groups -OCH3 is 1. The highest BCUT2D eigenvalue weighted by atomic mass is 32.2. The molecule has 0 fully saturated rings. The van der Waals surface area contributed by atoms with Crippen LogP contribution < -0.4 is 9.88 Å². The van der Waals surface area contributed by atoms with Crippen molar-refractivity contribution in [3.63, 3.8) is 0 Å². The largest absolute Gasteiger partial charge is 0.497 e. The van der Waals surface area contributed by atoms with Crippen LogP contribution in [-0.4, -0.2) is 22.1 Å². The summed E-state index contributed by atoms with van der Waals surface area (Å²) in [5.41, 5.74) is 1.24. The van der Waals surface area contributed by atoms with Crippen LogP contribution in [0.5, 0.6) is 5.75 Å². The summed E-state index contributed by atoms with van der Waals surface area (Å²) >= 11 is 0. The molecule has 110 valence electrons. The molecule has 0 bridgehead atoms. The molecule has 0 heterocycles. The lowest BCUT2D eigenvalue weighted by atomic mass is 10.1. The van der Waals surface area contributed by atoms with Gasteiger partial charge in [-0.05, 0) is 30.5 Å². The molecular weight excluding hydrogens is 278 g/mol. The third-order valence-electron chi connectivity index (χ3n) is 2.53. The SMILES string of the molecule is COc1ccc(CCCC#CCCOS(N)(=O)=O)cc1. The minimum Gasteiger partial charge on any atom is -0.497 e. The van der Waals surface area contributed by atoms with Gasteiger partial charge in [-0.3, -0.25) is 4.18 Å². The van der Waals surface area contributed by atoms with Gasteiger partial charge in [0.15, 0.2) is 0 Å². The fraction of sp³-hybridized carbons (Fsp3) is 0.429. The molecule has 1 aromatic rings. The molecule has 0 atom stereocenters.